The van der Waals surface area contributed by atoms with Gasteiger partial charge in [-0.15, -0.1) is 0 Å². The molecule has 0 saturated carbocycles. The molecule has 7 nitrogen and oxygen atoms in total. The molecule has 3 rings (SSSR count). The van der Waals surface area contributed by atoms with Crippen molar-refractivity contribution in [1.29, 1.82) is 0 Å². The summed E-state index contributed by atoms with van der Waals surface area (Å²) in [6.07, 6.45) is 1.27. The molecule has 2 heterocycles. The van der Waals surface area contributed by atoms with Crippen molar-refractivity contribution >= 4 is 28.6 Å². The molecule has 0 aliphatic rings. The summed E-state index contributed by atoms with van der Waals surface area (Å²) < 4.78 is 18.1. The molecule has 1 aromatic carbocycles. The van der Waals surface area contributed by atoms with Crippen LogP contribution in [0.4, 0.5) is 10.2 Å². The maximum atomic E-state index is 13.2. The lowest BCUT2D eigenvalue weighted by Gasteiger charge is -2.04. The number of carbonyl (C=O) groups excluding carboxylic acids is 2. The van der Waals surface area contributed by atoms with Crippen LogP contribution in [-0.2, 0) is 4.74 Å². The molecule has 0 unspecified atom stereocenters. The van der Waals surface area contributed by atoms with E-state index >= 15 is 0 Å². The Kier molecular flexibility index (Phi) is 3.80. The number of esters is 1. The summed E-state index contributed by atoms with van der Waals surface area (Å²) in [5.74, 6) is -1.33. The van der Waals surface area contributed by atoms with Crippen LogP contribution in [0.2, 0.25) is 0 Å². The molecule has 0 aliphatic heterocycles. The summed E-state index contributed by atoms with van der Waals surface area (Å²) in [5, 5.41) is 9.37. The number of hydrogen-bond acceptors (Lipinski definition) is 4. The highest BCUT2D eigenvalue weighted by Crippen LogP contribution is 2.18. The highest BCUT2D eigenvalue weighted by molar-refractivity contribution is 6.08. The van der Waals surface area contributed by atoms with Crippen LogP contribution >= 0.6 is 0 Å². The third-order valence-corrected chi connectivity index (χ3v) is 3.20. The number of nitrogens with zero attached hydrogens (tertiary/aromatic N) is 1. The van der Waals surface area contributed by atoms with Crippen molar-refractivity contribution in [2.75, 3.05) is 11.9 Å². The molecule has 0 bridgehead atoms. The van der Waals surface area contributed by atoms with E-state index in [1.165, 1.54) is 24.4 Å². The van der Waals surface area contributed by atoms with E-state index in [1.807, 2.05) is 0 Å². The number of hydrogen-bond donors (Lipinski definition) is 3. The van der Waals surface area contributed by atoms with Crippen molar-refractivity contribution in [1.82, 2.24) is 15.2 Å². The Labute approximate surface area is 129 Å². The van der Waals surface area contributed by atoms with Crippen molar-refractivity contribution in [2.45, 2.75) is 6.92 Å². The van der Waals surface area contributed by atoms with Gasteiger partial charge in [-0.2, -0.15) is 5.10 Å². The van der Waals surface area contributed by atoms with Gasteiger partial charge in [-0.05, 0) is 31.2 Å². The van der Waals surface area contributed by atoms with Crippen LogP contribution in [-0.4, -0.2) is 33.7 Å². The summed E-state index contributed by atoms with van der Waals surface area (Å²) in [6.45, 7) is 1.89. The van der Waals surface area contributed by atoms with Crippen LogP contribution in [0.5, 0.6) is 0 Å². The summed E-state index contributed by atoms with van der Waals surface area (Å²) in [6, 6.07) is 5.69. The zero-order chi connectivity index (χ0) is 16.4. The van der Waals surface area contributed by atoms with Crippen molar-refractivity contribution in [3.8, 4) is 0 Å². The largest absolute Gasteiger partial charge is 0.462 e. The minimum Gasteiger partial charge on any atom is -0.462 e. The molecule has 1 amide bonds. The molecule has 0 saturated heterocycles. The number of carbonyl (C=O) groups is 2. The Balaban J connectivity index is 1.83. The Morgan fingerprint density at radius 3 is 2.96 bits per heavy atom. The van der Waals surface area contributed by atoms with E-state index in [1.54, 1.807) is 13.0 Å². The van der Waals surface area contributed by atoms with E-state index in [0.29, 0.717) is 10.9 Å². The van der Waals surface area contributed by atoms with Gasteiger partial charge in [0, 0.05) is 10.9 Å². The van der Waals surface area contributed by atoms with E-state index in [4.69, 9.17) is 4.74 Å². The number of amides is 1. The second kappa shape index (κ2) is 5.91. The van der Waals surface area contributed by atoms with Crippen molar-refractivity contribution in [3.63, 3.8) is 0 Å². The van der Waals surface area contributed by atoms with E-state index in [-0.39, 0.29) is 29.5 Å². The SMILES string of the molecule is CCOC(=O)c1cn[nH]c1NC(=O)c1cc2cc(F)ccc2[nH]1. The molecule has 8 heteroatoms. The van der Waals surface area contributed by atoms with Gasteiger partial charge in [0.15, 0.2) is 0 Å². The van der Waals surface area contributed by atoms with Gasteiger partial charge in [0.1, 0.15) is 22.9 Å². The van der Waals surface area contributed by atoms with Gasteiger partial charge < -0.3 is 15.0 Å². The predicted molar refractivity (Wildman–Crippen MR) is 80.8 cm³/mol. The lowest BCUT2D eigenvalue weighted by atomic mass is 10.2. The quantitative estimate of drug-likeness (QED) is 0.644. The highest BCUT2D eigenvalue weighted by atomic mass is 19.1. The smallest absolute Gasteiger partial charge is 0.343 e. The topological polar surface area (TPSA) is 99.9 Å². The van der Waals surface area contributed by atoms with Crippen LogP contribution < -0.4 is 5.32 Å². The molecule has 23 heavy (non-hydrogen) atoms. The second-order valence-corrected chi connectivity index (χ2v) is 4.75. The third kappa shape index (κ3) is 2.91. The average Bonchev–Trinajstić information content (AvgIpc) is 3.13. The van der Waals surface area contributed by atoms with Crippen molar-refractivity contribution in [3.05, 3.63) is 47.5 Å². The number of aromatic amines is 2. The van der Waals surface area contributed by atoms with Gasteiger partial charge in [0.25, 0.3) is 5.91 Å². The van der Waals surface area contributed by atoms with Crippen molar-refractivity contribution < 1.29 is 18.7 Å². The third-order valence-electron chi connectivity index (χ3n) is 3.20. The van der Waals surface area contributed by atoms with Gasteiger partial charge in [0.2, 0.25) is 0 Å². The zero-order valence-corrected chi connectivity index (χ0v) is 12.1. The van der Waals surface area contributed by atoms with Crippen LogP contribution in [0.3, 0.4) is 0 Å². The lowest BCUT2D eigenvalue weighted by Crippen LogP contribution is -2.15. The maximum Gasteiger partial charge on any atom is 0.343 e. The first-order chi connectivity index (χ1) is 11.1. The second-order valence-electron chi connectivity index (χ2n) is 4.75. The predicted octanol–water partition coefficient (Wildman–Crippen LogP) is 2.46. The molecular formula is C15H13FN4O3. The first-order valence-electron chi connectivity index (χ1n) is 6.88. The van der Waals surface area contributed by atoms with Gasteiger partial charge in [0.05, 0.1) is 12.8 Å². The van der Waals surface area contributed by atoms with Crippen molar-refractivity contribution in [2.24, 2.45) is 0 Å². The minimum absolute atomic E-state index is 0.127. The first kappa shape index (κ1) is 14.8. The Bertz CT molecular complexity index is 884. The number of fused-ring (bicyclic) bond motifs is 1. The number of benzene rings is 1. The number of H-pyrrole nitrogens is 2. The minimum atomic E-state index is -0.588. The van der Waals surface area contributed by atoms with Gasteiger partial charge >= 0.3 is 5.97 Å². The normalized spacial score (nSPS) is 10.7. The van der Waals surface area contributed by atoms with Crippen LogP contribution in [0.15, 0.2) is 30.5 Å². The lowest BCUT2D eigenvalue weighted by molar-refractivity contribution is 0.0527. The van der Waals surface area contributed by atoms with Gasteiger partial charge in [-0.3, -0.25) is 9.89 Å². The number of anilines is 1. The maximum absolute atomic E-state index is 13.2. The van der Waals surface area contributed by atoms with E-state index < -0.39 is 11.9 Å². The molecule has 0 aliphatic carbocycles. The molecule has 2 aromatic heterocycles. The Morgan fingerprint density at radius 2 is 2.17 bits per heavy atom. The molecule has 3 aromatic rings. The summed E-state index contributed by atoms with van der Waals surface area (Å²) >= 11 is 0. The van der Waals surface area contributed by atoms with Gasteiger partial charge in [-0.25, -0.2) is 9.18 Å². The fourth-order valence-electron chi connectivity index (χ4n) is 2.15. The molecule has 0 fully saturated rings. The highest BCUT2D eigenvalue weighted by Gasteiger charge is 2.18. The number of halogens is 1. The van der Waals surface area contributed by atoms with Crippen LogP contribution in [0, 0.1) is 5.82 Å². The Morgan fingerprint density at radius 1 is 1.35 bits per heavy atom. The number of aromatic nitrogens is 3. The number of nitrogens with one attached hydrogen (secondary N) is 3. The van der Waals surface area contributed by atoms with Crippen LogP contribution in [0.1, 0.15) is 27.8 Å². The Hall–Kier alpha value is -3.16. The number of rotatable bonds is 4. The summed E-state index contributed by atoms with van der Waals surface area (Å²) in [7, 11) is 0. The monoisotopic (exact) mass is 316 g/mol. The molecule has 0 radical (unpaired) electrons. The summed E-state index contributed by atoms with van der Waals surface area (Å²) in [4.78, 5) is 26.9. The number of ether oxygens (including phenoxy) is 1. The molecule has 0 spiro atoms. The molecular weight excluding hydrogens is 303 g/mol. The average molecular weight is 316 g/mol. The van der Waals surface area contributed by atoms with Gasteiger partial charge in [-0.1, -0.05) is 0 Å². The van der Waals surface area contributed by atoms with E-state index in [0.717, 1.165) is 0 Å². The van der Waals surface area contributed by atoms with E-state index in [2.05, 4.69) is 20.5 Å². The van der Waals surface area contributed by atoms with Crippen LogP contribution in [0.25, 0.3) is 10.9 Å². The van der Waals surface area contributed by atoms with E-state index in [9.17, 15) is 14.0 Å². The molecule has 3 N–H and O–H groups in total. The fraction of sp³-hybridized carbons (Fsp3) is 0.133. The first-order valence-corrected chi connectivity index (χ1v) is 6.88. The standard InChI is InChI=1S/C15H13FN4O3/c1-2-23-15(22)10-7-17-20-13(10)19-14(21)12-6-8-5-9(16)3-4-11(8)18-12/h3-7,18H,2H2,1H3,(H2,17,19,20,21). The molecule has 118 valence electrons. The summed E-state index contributed by atoms with van der Waals surface area (Å²) in [5.41, 5.74) is 0.990. The zero-order valence-electron chi connectivity index (χ0n) is 12.1. The fourth-order valence-corrected chi connectivity index (χ4v) is 2.15. The molecule has 0 atom stereocenters.